The lowest BCUT2D eigenvalue weighted by atomic mass is 9.84. The second-order valence-electron chi connectivity index (χ2n) is 12.9. The summed E-state index contributed by atoms with van der Waals surface area (Å²) in [5.41, 5.74) is 3.13. The number of carboxylic acid groups (broad SMARTS) is 1. The number of pyridine rings is 1. The number of carboxylic acids is 1. The fourth-order valence-electron chi connectivity index (χ4n) is 5.70. The minimum atomic E-state index is -1.10. The highest BCUT2D eigenvalue weighted by molar-refractivity contribution is 5.98. The van der Waals surface area contributed by atoms with Crippen molar-refractivity contribution in [1.82, 2.24) is 9.88 Å². The number of nitrogens with zero attached hydrogens (tertiary/aromatic N) is 1. The van der Waals surface area contributed by atoms with Gasteiger partial charge in [0.05, 0.1) is 25.5 Å². The Hall–Kier alpha value is -5.70. The molecule has 3 N–H and O–H groups in total. The Bertz CT molecular complexity index is 2060. The van der Waals surface area contributed by atoms with Crippen LogP contribution in [0.2, 0.25) is 0 Å². The third-order valence-electron chi connectivity index (χ3n) is 9.03. The van der Waals surface area contributed by atoms with Crippen LogP contribution < -0.4 is 20.9 Å². The Kier molecular flexibility index (Phi) is 10.3. The molecule has 0 saturated heterocycles. The van der Waals surface area contributed by atoms with Crippen molar-refractivity contribution >= 4 is 34.2 Å². The third kappa shape index (κ3) is 8.06. The molecule has 0 saturated carbocycles. The maximum absolute atomic E-state index is 14.0. The number of ether oxygens (including phenoxy) is 1. The average Bonchev–Trinajstić information content (AvgIpc) is 3.09. The molecule has 9 nitrogen and oxygen atoms in total. The van der Waals surface area contributed by atoms with Crippen LogP contribution in [0, 0.1) is 13.8 Å². The summed E-state index contributed by atoms with van der Waals surface area (Å²) in [6.07, 6.45) is 1.94. The molecule has 49 heavy (non-hydrogen) atoms. The second kappa shape index (κ2) is 14.6. The second-order valence-corrected chi connectivity index (χ2v) is 12.9. The SMILES string of the molecule is COc1ccc(Cn2cc(C)c(C)c(NC(=O)C(Cc3ccc(C(C)(C)C(=O)O)cc3)NC(=O)Cc3ccc4ccccc4c3)c2=O)cc1. The Morgan fingerprint density at radius 2 is 1.49 bits per heavy atom. The first-order valence-electron chi connectivity index (χ1n) is 16.1. The van der Waals surface area contributed by atoms with Gasteiger partial charge in [-0.15, -0.1) is 0 Å². The van der Waals surface area contributed by atoms with E-state index in [9.17, 15) is 24.3 Å². The van der Waals surface area contributed by atoms with Gasteiger partial charge in [0.15, 0.2) is 0 Å². The van der Waals surface area contributed by atoms with Crippen LogP contribution in [0.25, 0.3) is 10.8 Å². The number of hydrogen-bond donors (Lipinski definition) is 3. The van der Waals surface area contributed by atoms with Crippen molar-refractivity contribution in [2.75, 3.05) is 12.4 Å². The number of aryl methyl sites for hydroxylation is 1. The van der Waals surface area contributed by atoms with E-state index in [1.165, 1.54) is 0 Å². The minimum Gasteiger partial charge on any atom is -0.497 e. The van der Waals surface area contributed by atoms with Gasteiger partial charge < -0.3 is 25.0 Å². The Morgan fingerprint density at radius 1 is 0.857 bits per heavy atom. The largest absolute Gasteiger partial charge is 0.497 e. The van der Waals surface area contributed by atoms with Crippen LogP contribution in [0.5, 0.6) is 5.75 Å². The molecule has 9 heteroatoms. The van der Waals surface area contributed by atoms with Crippen LogP contribution in [-0.2, 0) is 39.2 Å². The van der Waals surface area contributed by atoms with Gasteiger partial charge in [0, 0.05) is 12.6 Å². The van der Waals surface area contributed by atoms with Crippen LogP contribution in [0.3, 0.4) is 0 Å². The van der Waals surface area contributed by atoms with Crippen LogP contribution in [0.4, 0.5) is 5.69 Å². The lowest BCUT2D eigenvalue weighted by Crippen LogP contribution is -2.46. The Labute approximate surface area is 285 Å². The van der Waals surface area contributed by atoms with Crippen molar-refractivity contribution < 1.29 is 24.2 Å². The quantitative estimate of drug-likeness (QED) is 0.152. The molecule has 0 fully saturated rings. The molecular formula is C40H41N3O6. The van der Waals surface area contributed by atoms with Gasteiger partial charge in [-0.3, -0.25) is 19.2 Å². The maximum Gasteiger partial charge on any atom is 0.313 e. The molecule has 252 valence electrons. The number of fused-ring (bicyclic) bond motifs is 1. The van der Waals surface area contributed by atoms with E-state index in [4.69, 9.17) is 4.74 Å². The van der Waals surface area contributed by atoms with E-state index in [-0.39, 0.29) is 36.5 Å². The molecule has 1 aromatic heterocycles. The predicted molar refractivity (Wildman–Crippen MR) is 191 cm³/mol. The topological polar surface area (TPSA) is 127 Å². The van der Waals surface area contributed by atoms with Crippen molar-refractivity contribution in [3.63, 3.8) is 0 Å². The van der Waals surface area contributed by atoms with Gasteiger partial charge in [0.1, 0.15) is 17.5 Å². The van der Waals surface area contributed by atoms with E-state index in [1.807, 2.05) is 73.7 Å². The highest BCUT2D eigenvalue weighted by Gasteiger charge is 2.30. The molecule has 2 amide bonds. The molecule has 5 aromatic rings. The van der Waals surface area contributed by atoms with E-state index in [0.29, 0.717) is 22.4 Å². The molecule has 0 aliphatic carbocycles. The molecule has 0 aliphatic heterocycles. The zero-order chi connectivity index (χ0) is 35.3. The number of hydrogen-bond acceptors (Lipinski definition) is 5. The van der Waals surface area contributed by atoms with Crippen molar-refractivity contribution in [3.05, 3.63) is 141 Å². The summed E-state index contributed by atoms with van der Waals surface area (Å²) in [6.45, 7) is 7.19. The van der Waals surface area contributed by atoms with Gasteiger partial charge in [-0.05, 0) is 84.0 Å². The zero-order valence-corrected chi connectivity index (χ0v) is 28.4. The van der Waals surface area contributed by atoms with Crippen molar-refractivity contribution in [3.8, 4) is 5.75 Å². The van der Waals surface area contributed by atoms with Crippen LogP contribution in [-0.4, -0.2) is 40.6 Å². The van der Waals surface area contributed by atoms with Gasteiger partial charge in [-0.2, -0.15) is 0 Å². The minimum absolute atomic E-state index is 0.0541. The highest BCUT2D eigenvalue weighted by Crippen LogP contribution is 2.24. The molecule has 0 spiro atoms. The normalized spacial score (nSPS) is 11.9. The molecule has 1 atom stereocenters. The molecule has 0 bridgehead atoms. The van der Waals surface area contributed by atoms with Crippen molar-refractivity contribution in [2.45, 2.75) is 58.5 Å². The number of nitrogens with one attached hydrogen (secondary N) is 2. The van der Waals surface area contributed by atoms with E-state index < -0.39 is 23.3 Å². The van der Waals surface area contributed by atoms with E-state index in [0.717, 1.165) is 27.5 Å². The smallest absolute Gasteiger partial charge is 0.313 e. The molecule has 1 heterocycles. The lowest BCUT2D eigenvalue weighted by Gasteiger charge is -2.22. The average molecular weight is 660 g/mol. The number of anilines is 1. The Morgan fingerprint density at radius 3 is 2.14 bits per heavy atom. The van der Waals surface area contributed by atoms with Gasteiger partial charge in [-0.25, -0.2) is 0 Å². The van der Waals surface area contributed by atoms with Gasteiger partial charge in [0.25, 0.3) is 5.56 Å². The number of carbonyl (C=O) groups is 3. The summed E-state index contributed by atoms with van der Waals surface area (Å²) in [4.78, 5) is 52.9. The van der Waals surface area contributed by atoms with E-state index >= 15 is 0 Å². The molecule has 1 unspecified atom stereocenters. The van der Waals surface area contributed by atoms with E-state index in [2.05, 4.69) is 10.6 Å². The number of rotatable bonds is 12. The van der Waals surface area contributed by atoms with Crippen molar-refractivity contribution in [2.24, 2.45) is 0 Å². The lowest BCUT2D eigenvalue weighted by molar-refractivity contribution is -0.142. The van der Waals surface area contributed by atoms with Gasteiger partial charge in [-0.1, -0.05) is 78.9 Å². The number of benzene rings is 4. The first kappa shape index (κ1) is 34.6. The zero-order valence-electron chi connectivity index (χ0n) is 28.4. The summed E-state index contributed by atoms with van der Waals surface area (Å²) < 4.78 is 6.80. The molecule has 4 aromatic carbocycles. The molecular weight excluding hydrogens is 618 g/mol. The maximum atomic E-state index is 14.0. The monoisotopic (exact) mass is 659 g/mol. The number of methoxy groups -OCH3 is 1. The van der Waals surface area contributed by atoms with Gasteiger partial charge >= 0.3 is 5.97 Å². The number of carbonyl (C=O) groups excluding carboxylic acids is 2. The van der Waals surface area contributed by atoms with Crippen LogP contribution in [0.1, 0.15) is 47.2 Å². The molecule has 0 radical (unpaired) electrons. The third-order valence-corrected chi connectivity index (χ3v) is 9.03. The summed E-state index contributed by atoms with van der Waals surface area (Å²) in [6, 6.07) is 27.0. The molecule has 5 rings (SSSR count). The summed E-state index contributed by atoms with van der Waals surface area (Å²) in [5.74, 6) is -1.14. The summed E-state index contributed by atoms with van der Waals surface area (Å²) in [5, 5.41) is 17.5. The van der Waals surface area contributed by atoms with Crippen LogP contribution in [0.15, 0.2) is 102 Å². The van der Waals surface area contributed by atoms with Crippen LogP contribution >= 0.6 is 0 Å². The van der Waals surface area contributed by atoms with E-state index in [1.54, 1.807) is 62.9 Å². The standard InChI is InChI=1S/C40H41N3O6/c1-25-23-43(24-28-13-18-33(49-5)19-14-28)38(46)36(26(25)2)42-37(45)34(21-27-11-16-32(17-12-27)40(3,4)39(47)48)41-35(44)22-29-10-15-30-8-6-7-9-31(30)20-29/h6-20,23,34H,21-22,24H2,1-5H3,(H,41,44)(H,42,45)(H,47,48). The predicted octanol–water partition coefficient (Wildman–Crippen LogP) is 5.95. The summed E-state index contributed by atoms with van der Waals surface area (Å²) >= 11 is 0. The number of amides is 2. The fourth-order valence-corrected chi connectivity index (χ4v) is 5.70. The molecule has 0 aliphatic rings. The number of aliphatic carboxylic acids is 1. The first-order chi connectivity index (χ1) is 23.3. The Balaban J connectivity index is 1.41. The number of aromatic nitrogens is 1. The van der Waals surface area contributed by atoms with Crippen molar-refractivity contribution in [1.29, 1.82) is 0 Å². The van der Waals surface area contributed by atoms with Gasteiger partial charge in [0.2, 0.25) is 11.8 Å². The highest BCUT2D eigenvalue weighted by atomic mass is 16.5. The summed E-state index contributed by atoms with van der Waals surface area (Å²) in [7, 11) is 1.59. The first-order valence-corrected chi connectivity index (χ1v) is 16.1. The fraction of sp³-hybridized carbons (Fsp3) is 0.250.